The minimum absolute atomic E-state index is 0.0125. The van der Waals surface area contributed by atoms with Crippen molar-refractivity contribution in [3.8, 4) is 0 Å². The first-order valence-corrected chi connectivity index (χ1v) is 6.46. The summed E-state index contributed by atoms with van der Waals surface area (Å²) < 4.78 is 2.01. The number of carboxylic acid groups (broad SMARTS) is 1. The molecule has 0 fully saturated rings. The summed E-state index contributed by atoms with van der Waals surface area (Å²) >= 11 is 3.19. The Bertz CT molecular complexity index is 642. The van der Waals surface area contributed by atoms with Crippen LogP contribution in [0.1, 0.15) is 23.3 Å². The molecule has 8 heteroatoms. The molecule has 0 radical (unpaired) electrons. The van der Waals surface area contributed by atoms with Crippen molar-refractivity contribution in [2.24, 2.45) is 0 Å². The van der Waals surface area contributed by atoms with Gasteiger partial charge >= 0.3 is 5.97 Å². The van der Waals surface area contributed by atoms with Crippen LogP contribution < -0.4 is 5.32 Å². The monoisotopic (exact) mass is 338 g/mol. The highest BCUT2D eigenvalue weighted by Crippen LogP contribution is 2.22. The van der Waals surface area contributed by atoms with E-state index in [1.54, 1.807) is 13.0 Å². The summed E-state index contributed by atoms with van der Waals surface area (Å²) in [6.45, 7) is 1.64. The van der Waals surface area contributed by atoms with Crippen molar-refractivity contribution in [3.63, 3.8) is 0 Å². The summed E-state index contributed by atoms with van der Waals surface area (Å²) in [6, 6.07) is 4.02. The maximum Gasteiger partial charge on any atom is 0.337 e. The molecular formula is C12H11BrN4O3. The summed E-state index contributed by atoms with van der Waals surface area (Å²) in [7, 11) is 0. The van der Waals surface area contributed by atoms with E-state index < -0.39 is 12.0 Å². The first kappa shape index (κ1) is 14.2. The lowest BCUT2D eigenvalue weighted by Gasteiger charge is -2.13. The van der Waals surface area contributed by atoms with Gasteiger partial charge in [-0.1, -0.05) is 15.9 Å². The number of halogens is 1. The van der Waals surface area contributed by atoms with Crippen molar-refractivity contribution in [2.75, 3.05) is 5.32 Å². The zero-order chi connectivity index (χ0) is 14.7. The van der Waals surface area contributed by atoms with E-state index in [9.17, 15) is 9.59 Å². The summed E-state index contributed by atoms with van der Waals surface area (Å²) in [5.74, 6) is -1.49. The second kappa shape index (κ2) is 5.83. The Kier molecular flexibility index (Phi) is 4.14. The van der Waals surface area contributed by atoms with Crippen LogP contribution in [0.2, 0.25) is 0 Å². The number of hydrogen-bond acceptors (Lipinski definition) is 4. The van der Waals surface area contributed by atoms with E-state index in [0.717, 1.165) is 0 Å². The summed E-state index contributed by atoms with van der Waals surface area (Å²) in [4.78, 5) is 27.0. The maximum absolute atomic E-state index is 12.1. The number of amides is 1. The van der Waals surface area contributed by atoms with Crippen LogP contribution in [-0.4, -0.2) is 31.7 Å². The fourth-order valence-electron chi connectivity index (χ4n) is 1.58. The van der Waals surface area contributed by atoms with Crippen LogP contribution in [0, 0.1) is 0 Å². The van der Waals surface area contributed by atoms with Crippen molar-refractivity contribution in [2.45, 2.75) is 13.0 Å². The van der Waals surface area contributed by atoms with Gasteiger partial charge in [-0.3, -0.25) is 4.79 Å². The van der Waals surface area contributed by atoms with Gasteiger partial charge in [0, 0.05) is 4.47 Å². The third-order valence-electron chi connectivity index (χ3n) is 2.68. The third kappa shape index (κ3) is 3.02. The van der Waals surface area contributed by atoms with Crippen molar-refractivity contribution in [1.82, 2.24) is 14.8 Å². The van der Waals surface area contributed by atoms with E-state index in [0.29, 0.717) is 4.47 Å². The van der Waals surface area contributed by atoms with Crippen LogP contribution in [0.25, 0.3) is 0 Å². The Labute approximate surface area is 122 Å². The van der Waals surface area contributed by atoms with Gasteiger partial charge in [-0.2, -0.15) is 5.10 Å². The van der Waals surface area contributed by atoms with Crippen molar-refractivity contribution in [1.29, 1.82) is 0 Å². The molecular weight excluding hydrogens is 328 g/mol. The second-order valence-corrected chi connectivity index (χ2v) is 4.95. The van der Waals surface area contributed by atoms with Crippen LogP contribution in [-0.2, 0) is 4.79 Å². The molecule has 1 amide bonds. The molecule has 2 rings (SSSR count). The Hall–Kier alpha value is -2.22. The van der Waals surface area contributed by atoms with Gasteiger partial charge in [-0.05, 0) is 25.1 Å². The highest BCUT2D eigenvalue weighted by molar-refractivity contribution is 9.10. The lowest BCUT2D eigenvalue weighted by molar-refractivity contribution is -0.119. The Morgan fingerprint density at radius 3 is 2.80 bits per heavy atom. The van der Waals surface area contributed by atoms with Crippen molar-refractivity contribution in [3.05, 3.63) is 40.9 Å². The van der Waals surface area contributed by atoms with E-state index in [2.05, 4.69) is 31.3 Å². The van der Waals surface area contributed by atoms with Gasteiger partial charge in [0.1, 0.15) is 18.7 Å². The van der Waals surface area contributed by atoms with Gasteiger partial charge in [0.25, 0.3) is 0 Å². The minimum Gasteiger partial charge on any atom is -0.478 e. The van der Waals surface area contributed by atoms with Gasteiger partial charge in [0.05, 0.1) is 11.3 Å². The van der Waals surface area contributed by atoms with Gasteiger partial charge in [0.15, 0.2) is 0 Å². The number of benzene rings is 1. The first-order valence-electron chi connectivity index (χ1n) is 5.67. The number of nitrogens with zero attached hydrogens (tertiary/aromatic N) is 3. The molecule has 0 aliphatic carbocycles. The van der Waals surface area contributed by atoms with Gasteiger partial charge < -0.3 is 10.4 Å². The van der Waals surface area contributed by atoms with Gasteiger partial charge in [0.2, 0.25) is 5.91 Å². The predicted octanol–water partition coefficient (Wildman–Crippen LogP) is 1.94. The molecule has 0 saturated carbocycles. The molecule has 1 aromatic heterocycles. The lowest BCUT2D eigenvalue weighted by Crippen LogP contribution is -2.25. The SMILES string of the molecule is CC(C(=O)Nc1ccc(Br)cc1C(=O)O)n1cncn1. The van der Waals surface area contributed by atoms with Crippen molar-refractivity contribution < 1.29 is 14.7 Å². The molecule has 1 unspecified atom stereocenters. The molecule has 0 aliphatic heterocycles. The Morgan fingerprint density at radius 2 is 2.20 bits per heavy atom. The van der Waals surface area contributed by atoms with E-state index in [1.807, 2.05) is 0 Å². The topological polar surface area (TPSA) is 97.1 Å². The molecule has 1 aromatic carbocycles. The minimum atomic E-state index is -1.12. The van der Waals surface area contributed by atoms with E-state index in [1.165, 1.54) is 29.5 Å². The number of anilines is 1. The molecule has 2 N–H and O–H groups in total. The van der Waals surface area contributed by atoms with E-state index in [4.69, 9.17) is 5.11 Å². The molecule has 7 nitrogen and oxygen atoms in total. The smallest absolute Gasteiger partial charge is 0.337 e. The first-order chi connectivity index (χ1) is 9.49. The average molecular weight is 339 g/mol. The fourth-order valence-corrected chi connectivity index (χ4v) is 1.94. The molecule has 0 spiro atoms. The summed E-state index contributed by atoms with van der Waals surface area (Å²) in [6.07, 6.45) is 2.75. The number of rotatable bonds is 4. The number of carbonyl (C=O) groups is 2. The normalized spacial score (nSPS) is 11.9. The summed E-state index contributed by atoms with van der Waals surface area (Å²) in [5, 5.41) is 15.6. The zero-order valence-corrected chi connectivity index (χ0v) is 12.0. The number of carboxylic acids is 1. The average Bonchev–Trinajstić information content (AvgIpc) is 2.93. The van der Waals surface area contributed by atoms with E-state index in [-0.39, 0.29) is 17.2 Å². The van der Waals surface area contributed by atoms with Crippen LogP contribution >= 0.6 is 15.9 Å². The highest BCUT2D eigenvalue weighted by atomic mass is 79.9. The second-order valence-electron chi connectivity index (χ2n) is 4.04. The molecule has 2 aromatic rings. The molecule has 0 saturated heterocycles. The van der Waals surface area contributed by atoms with Crippen molar-refractivity contribution >= 4 is 33.5 Å². The van der Waals surface area contributed by atoms with Crippen LogP contribution in [0.15, 0.2) is 35.3 Å². The Morgan fingerprint density at radius 1 is 1.45 bits per heavy atom. The predicted molar refractivity (Wildman–Crippen MR) is 74.5 cm³/mol. The molecule has 1 heterocycles. The largest absolute Gasteiger partial charge is 0.478 e. The maximum atomic E-state index is 12.1. The number of aromatic nitrogens is 3. The van der Waals surface area contributed by atoms with E-state index >= 15 is 0 Å². The lowest BCUT2D eigenvalue weighted by atomic mass is 10.1. The molecule has 0 bridgehead atoms. The standard InChI is InChI=1S/C12H11BrN4O3/c1-7(17-6-14-5-15-17)11(18)16-10-3-2-8(13)4-9(10)12(19)20/h2-7H,1H3,(H,16,18)(H,19,20). The highest BCUT2D eigenvalue weighted by Gasteiger charge is 2.18. The number of nitrogens with one attached hydrogen (secondary N) is 1. The van der Waals surface area contributed by atoms with Gasteiger partial charge in [-0.15, -0.1) is 0 Å². The molecule has 104 valence electrons. The number of aromatic carboxylic acids is 1. The van der Waals surface area contributed by atoms with Gasteiger partial charge in [-0.25, -0.2) is 14.5 Å². The van der Waals surface area contributed by atoms with Crippen LogP contribution in [0.5, 0.6) is 0 Å². The zero-order valence-electron chi connectivity index (χ0n) is 10.4. The Balaban J connectivity index is 2.22. The molecule has 0 aliphatic rings. The third-order valence-corrected chi connectivity index (χ3v) is 3.18. The van der Waals surface area contributed by atoms with Crippen LogP contribution in [0.4, 0.5) is 5.69 Å². The fraction of sp³-hybridized carbons (Fsp3) is 0.167. The molecule has 1 atom stereocenters. The number of hydrogen-bond donors (Lipinski definition) is 2. The van der Waals surface area contributed by atoms with Crippen LogP contribution in [0.3, 0.4) is 0 Å². The quantitative estimate of drug-likeness (QED) is 0.887. The summed E-state index contributed by atoms with van der Waals surface area (Å²) in [5.41, 5.74) is 0.246. The number of carbonyl (C=O) groups excluding carboxylic acids is 1. The molecule has 20 heavy (non-hydrogen) atoms.